The van der Waals surface area contributed by atoms with E-state index in [2.05, 4.69) is 0 Å². The number of carboxylic acids is 1. The van der Waals surface area contributed by atoms with Gasteiger partial charge in [-0.15, -0.1) is 0 Å². The van der Waals surface area contributed by atoms with Gasteiger partial charge < -0.3 is 5.11 Å². The standard InChI is InChI=1S/C8H14N2O4S/c1-3-10(5-4-8(11)12)15(13,14)7(2)6-9/h7H,3-5H2,1-2H3,(H,11,12). The molecule has 0 saturated carbocycles. The Morgan fingerprint density at radius 2 is 2.13 bits per heavy atom. The molecular weight excluding hydrogens is 220 g/mol. The highest BCUT2D eigenvalue weighted by Gasteiger charge is 2.27. The van der Waals surface area contributed by atoms with Crippen LogP contribution in [0.5, 0.6) is 0 Å². The summed E-state index contributed by atoms with van der Waals surface area (Å²) in [6, 6.07) is 1.63. The lowest BCUT2D eigenvalue weighted by Crippen LogP contribution is -2.38. The lowest BCUT2D eigenvalue weighted by molar-refractivity contribution is -0.137. The SMILES string of the molecule is CCN(CCC(=O)O)S(=O)(=O)C(C)C#N. The van der Waals surface area contributed by atoms with Gasteiger partial charge in [-0.2, -0.15) is 5.26 Å². The van der Waals surface area contributed by atoms with Gasteiger partial charge >= 0.3 is 5.97 Å². The van der Waals surface area contributed by atoms with E-state index in [0.717, 1.165) is 4.31 Å². The van der Waals surface area contributed by atoms with Crippen molar-refractivity contribution in [3.05, 3.63) is 0 Å². The molecule has 1 N–H and O–H groups in total. The lowest BCUT2D eigenvalue weighted by atomic mass is 10.4. The number of sulfonamides is 1. The van der Waals surface area contributed by atoms with Gasteiger partial charge in [0.05, 0.1) is 12.5 Å². The van der Waals surface area contributed by atoms with E-state index in [4.69, 9.17) is 10.4 Å². The number of hydrogen-bond donors (Lipinski definition) is 1. The van der Waals surface area contributed by atoms with Crippen LogP contribution < -0.4 is 0 Å². The van der Waals surface area contributed by atoms with E-state index in [1.807, 2.05) is 0 Å². The van der Waals surface area contributed by atoms with Crippen LogP contribution in [0.2, 0.25) is 0 Å². The first kappa shape index (κ1) is 13.9. The average molecular weight is 234 g/mol. The maximum atomic E-state index is 11.6. The van der Waals surface area contributed by atoms with Crippen LogP contribution in [0.4, 0.5) is 0 Å². The van der Waals surface area contributed by atoms with Gasteiger partial charge in [0.1, 0.15) is 0 Å². The van der Waals surface area contributed by atoms with Crippen LogP contribution in [-0.2, 0) is 14.8 Å². The Morgan fingerprint density at radius 3 is 2.47 bits per heavy atom. The zero-order chi connectivity index (χ0) is 12.1. The smallest absolute Gasteiger partial charge is 0.304 e. The molecule has 0 aromatic heterocycles. The number of hydrogen-bond acceptors (Lipinski definition) is 4. The Morgan fingerprint density at radius 1 is 1.60 bits per heavy atom. The highest BCUT2D eigenvalue weighted by atomic mass is 32.2. The highest BCUT2D eigenvalue weighted by molar-refractivity contribution is 7.89. The van der Waals surface area contributed by atoms with Crippen LogP contribution in [-0.4, -0.2) is 42.1 Å². The number of rotatable bonds is 6. The van der Waals surface area contributed by atoms with E-state index >= 15 is 0 Å². The summed E-state index contributed by atoms with van der Waals surface area (Å²) in [4.78, 5) is 10.3. The molecule has 0 spiro atoms. The molecule has 86 valence electrons. The molecule has 0 bridgehead atoms. The number of carbonyl (C=O) groups is 1. The summed E-state index contributed by atoms with van der Waals surface area (Å²) in [5, 5.41) is 15.8. The summed E-state index contributed by atoms with van der Waals surface area (Å²) in [5.74, 6) is -1.06. The van der Waals surface area contributed by atoms with E-state index in [0.29, 0.717) is 0 Å². The van der Waals surface area contributed by atoms with Gasteiger partial charge in [0.25, 0.3) is 0 Å². The minimum Gasteiger partial charge on any atom is -0.481 e. The molecule has 0 aliphatic carbocycles. The van der Waals surface area contributed by atoms with E-state index in [1.165, 1.54) is 6.92 Å². The second-order valence-corrected chi connectivity index (χ2v) is 5.21. The normalized spacial score (nSPS) is 13.5. The second kappa shape index (κ2) is 5.68. The summed E-state index contributed by atoms with van der Waals surface area (Å²) >= 11 is 0. The molecule has 1 unspecified atom stereocenters. The van der Waals surface area contributed by atoms with E-state index in [-0.39, 0.29) is 19.5 Å². The lowest BCUT2D eigenvalue weighted by Gasteiger charge is -2.20. The Bertz CT molecular complexity index is 357. The van der Waals surface area contributed by atoms with Crippen LogP contribution in [0.25, 0.3) is 0 Å². The molecule has 0 aliphatic rings. The van der Waals surface area contributed by atoms with Crippen molar-refractivity contribution in [1.29, 1.82) is 5.26 Å². The topological polar surface area (TPSA) is 98.5 Å². The number of aliphatic carboxylic acids is 1. The van der Waals surface area contributed by atoms with Gasteiger partial charge in [0.2, 0.25) is 10.0 Å². The number of nitrogens with zero attached hydrogens (tertiary/aromatic N) is 2. The fourth-order valence-corrected chi connectivity index (χ4v) is 2.26. The molecule has 0 heterocycles. The minimum atomic E-state index is -3.69. The van der Waals surface area contributed by atoms with E-state index in [9.17, 15) is 13.2 Å². The highest BCUT2D eigenvalue weighted by Crippen LogP contribution is 2.08. The van der Waals surface area contributed by atoms with Crippen molar-refractivity contribution in [2.75, 3.05) is 13.1 Å². The second-order valence-electron chi connectivity index (χ2n) is 2.95. The Hall–Kier alpha value is -1.13. The largest absolute Gasteiger partial charge is 0.481 e. The molecule has 15 heavy (non-hydrogen) atoms. The van der Waals surface area contributed by atoms with Crippen LogP contribution in [0.15, 0.2) is 0 Å². The summed E-state index contributed by atoms with van der Waals surface area (Å²) < 4.78 is 24.2. The van der Waals surface area contributed by atoms with Crippen molar-refractivity contribution in [1.82, 2.24) is 4.31 Å². The first-order chi connectivity index (χ1) is 6.86. The van der Waals surface area contributed by atoms with Crippen molar-refractivity contribution in [2.45, 2.75) is 25.5 Å². The maximum Gasteiger partial charge on any atom is 0.304 e. The van der Waals surface area contributed by atoms with Gasteiger partial charge in [-0.25, -0.2) is 12.7 Å². The third-order valence-corrected chi connectivity index (χ3v) is 4.08. The predicted octanol–water partition coefficient (Wildman–Crippen LogP) is 0.0249. The summed E-state index contributed by atoms with van der Waals surface area (Å²) in [6.07, 6.45) is -0.259. The third-order valence-electron chi connectivity index (χ3n) is 1.92. The van der Waals surface area contributed by atoms with Crippen LogP contribution in [0, 0.1) is 11.3 Å². The summed E-state index contributed by atoms with van der Waals surface area (Å²) in [6.45, 7) is 2.95. The number of nitriles is 1. The van der Waals surface area contributed by atoms with Crippen LogP contribution in [0.3, 0.4) is 0 Å². The van der Waals surface area contributed by atoms with Crippen molar-refractivity contribution in [3.63, 3.8) is 0 Å². The van der Waals surface area contributed by atoms with E-state index < -0.39 is 21.2 Å². The zero-order valence-electron chi connectivity index (χ0n) is 8.67. The van der Waals surface area contributed by atoms with Gasteiger partial charge in [-0.1, -0.05) is 6.92 Å². The first-order valence-electron chi connectivity index (χ1n) is 4.46. The molecule has 7 heteroatoms. The predicted molar refractivity (Wildman–Crippen MR) is 53.5 cm³/mol. The van der Waals surface area contributed by atoms with Gasteiger partial charge in [0.15, 0.2) is 5.25 Å². The fraction of sp³-hybridized carbons (Fsp3) is 0.750. The molecule has 0 aromatic carbocycles. The molecule has 0 amide bonds. The molecular formula is C8H14N2O4S. The zero-order valence-corrected chi connectivity index (χ0v) is 9.49. The van der Waals surface area contributed by atoms with Crippen LogP contribution >= 0.6 is 0 Å². The Labute approximate surface area is 89.2 Å². The van der Waals surface area contributed by atoms with Crippen molar-refractivity contribution in [2.24, 2.45) is 0 Å². The monoisotopic (exact) mass is 234 g/mol. The minimum absolute atomic E-state index is 0.0970. The molecule has 1 atom stereocenters. The molecule has 0 saturated heterocycles. The fourth-order valence-electron chi connectivity index (χ4n) is 0.976. The van der Waals surface area contributed by atoms with Crippen LogP contribution in [0.1, 0.15) is 20.3 Å². The molecule has 6 nitrogen and oxygen atoms in total. The van der Waals surface area contributed by atoms with Crippen molar-refractivity contribution < 1.29 is 18.3 Å². The average Bonchev–Trinajstić information content (AvgIpc) is 2.16. The Kier molecular flexibility index (Phi) is 5.25. The van der Waals surface area contributed by atoms with E-state index in [1.54, 1.807) is 13.0 Å². The van der Waals surface area contributed by atoms with Gasteiger partial charge in [-0.05, 0) is 6.92 Å². The quantitative estimate of drug-likeness (QED) is 0.698. The van der Waals surface area contributed by atoms with Crippen molar-refractivity contribution >= 4 is 16.0 Å². The van der Waals surface area contributed by atoms with Gasteiger partial charge in [-0.3, -0.25) is 4.79 Å². The summed E-state index contributed by atoms with van der Waals surface area (Å²) in [7, 11) is -3.69. The molecule has 0 aromatic rings. The molecule has 0 radical (unpaired) electrons. The molecule has 0 fully saturated rings. The number of carboxylic acid groups (broad SMARTS) is 1. The Balaban J connectivity index is 4.68. The maximum absolute atomic E-state index is 11.6. The third kappa shape index (κ3) is 3.85. The van der Waals surface area contributed by atoms with Crippen molar-refractivity contribution in [3.8, 4) is 6.07 Å². The first-order valence-corrected chi connectivity index (χ1v) is 5.97. The summed E-state index contributed by atoms with van der Waals surface area (Å²) in [5.41, 5.74) is 0. The molecule has 0 aliphatic heterocycles. The molecule has 0 rings (SSSR count). The van der Waals surface area contributed by atoms with Gasteiger partial charge in [0, 0.05) is 13.1 Å².